The van der Waals surface area contributed by atoms with Crippen molar-refractivity contribution in [1.29, 1.82) is 0 Å². The Hall–Kier alpha value is -1.52. The van der Waals surface area contributed by atoms with Crippen LogP contribution in [-0.2, 0) is 11.3 Å². The number of hydrogen-bond acceptors (Lipinski definition) is 3. The van der Waals surface area contributed by atoms with Gasteiger partial charge in [-0.05, 0) is 0 Å². The van der Waals surface area contributed by atoms with Crippen LogP contribution in [0.1, 0.15) is 6.42 Å². The van der Waals surface area contributed by atoms with Gasteiger partial charge in [0.15, 0.2) is 0 Å². The first-order valence-corrected chi connectivity index (χ1v) is 4.67. The van der Waals surface area contributed by atoms with Crippen molar-refractivity contribution in [2.24, 2.45) is 5.92 Å². The molecule has 0 spiro atoms. The number of rotatable bonds is 2. The largest absolute Gasteiger partial charge is 0.396 e. The minimum atomic E-state index is 0.218. The van der Waals surface area contributed by atoms with Crippen molar-refractivity contribution in [2.75, 3.05) is 19.3 Å². The lowest BCUT2D eigenvalue weighted by molar-refractivity contribution is -0.126. The molecule has 5 nitrogen and oxygen atoms in total. The predicted octanol–water partition coefficient (Wildman–Crippen LogP) is -0.0564. The molecular formula is C9H14N4O. The topological polar surface area (TPSA) is 64.2 Å². The van der Waals surface area contributed by atoms with Gasteiger partial charge in [0.2, 0.25) is 5.91 Å². The molecule has 1 amide bonds. The van der Waals surface area contributed by atoms with Gasteiger partial charge in [0.1, 0.15) is 0 Å². The van der Waals surface area contributed by atoms with Crippen LogP contribution in [0, 0.1) is 5.92 Å². The van der Waals surface area contributed by atoms with Crippen molar-refractivity contribution in [2.45, 2.75) is 13.0 Å². The second-order valence-electron chi connectivity index (χ2n) is 3.84. The molecule has 2 rings (SSSR count). The van der Waals surface area contributed by atoms with E-state index in [2.05, 4.69) is 5.10 Å². The lowest BCUT2D eigenvalue weighted by Gasteiger charge is -2.09. The molecule has 1 fully saturated rings. The Balaban J connectivity index is 1.96. The van der Waals surface area contributed by atoms with Crippen LogP contribution in [0.3, 0.4) is 0 Å². The average molecular weight is 194 g/mol. The second-order valence-corrected chi connectivity index (χ2v) is 3.84. The molecule has 0 aliphatic carbocycles. The van der Waals surface area contributed by atoms with E-state index in [0.29, 0.717) is 18.0 Å². The molecule has 5 heteroatoms. The lowest BCUT2D eigenvalue weighted by Crippen LogP contribution is -2.20. The van der Waals surface area contributed by atoms with E-state index in [-0.39, 0.29) is 5.91 Å². The lowest BCUT2D eigenvalue weighted by atomic mass is 10.1. The van der Waals surface area contributed by atoms with Gasteiger partial charge in [-0.3, -0.25) is 9.48 Å². The number of nitrogen functional groups attached to an aromatic ring is 1. The molecule has 0 radical (unpaired) electrons. The summed E-state index contributed by atoms with van der Waals surface area (Å²) < 4.78 is 1.80. The summed E-state index contributed by atoms with van der Waals surface area (Å²) in [6, 6.07) is 0. The van der Waals surface area contributed by atoms with E-state index in [0.717, 1.165) is 13.1 Å². The Morgan fingerprint density at radius 1 is 1.71 bits per heavy atom. The molecular weight excluding hydrogens is 180 g/mol. The van der Waals surface area contributed by atoms with Crippen LogP contribution >= 0.6 is 0 Å². The van der Waals surface area contributed by atoms with E-state index in [1.54, 1.807) is 22.0 Å². The van der Waals surface area contributed by atoms with Gasteiger partial charge in [-0.15, -0.1) is 0 Å². The van der Waals surface area contributed by atoms with Gasteiger partial charge in [0.25, 0.3) is 0 Å². The van der Waals surface area contributed by atoms with Gasteiger partial charge in [-0.1, -0.05) is 0 Å². The standard InChI is InChI=1S/C9H14N4O/c1-12-4-7(2-9(12)14)5-13-6-8(10)3-11-13/h3,6-7H,2,4-5,10H2,1H3. The van der Waals surface area contributed by atoms with Gasteiger partial charge >= 0.3 is 0 Å². The number of aromatic nitrogens is 2. The van der Waals surface area contributed by atoms with E-state index in [1.165, 1.54) is 0 Å². The maximum atomic E-state index is 11.3. The molecule has 0 aromatic carbocycles. The molecule has 1 unspecified atom stereocenters. The maximum absolute atomic E-state index is 11.3. The molecule has 0 bridgehead atoms. The van der Waals surface area contributed by atoms with Gasteiger partial charge in [0, 0.05) is 38.7 Å². The molecule has 1 aliphatic rings. The zero-order valence-electron chi connectivity index (χ0n) is 8.18. The van der Waals surface area contributed by atoms with E-state index in [9.17, 15) is 4.79 Å². The first-order chi connectivity index (χ1) is 6.65. The van der Waals surface area contributed by atoms with Gasteiger partial charge < -0.3 is 10.6 Å². The number of carbonyl (C=O) groups is 1. The zero-order chi connectivity index (χ0) is 10.1. The number of hydrogen-bond donors (Lipinski definition) is 1. The van der Waals surface area contributed by atoms with Gasteiger partial charge in [-0.2, -0.15) is 5.10 Å². The highest BCUT2D eigenvalue weighted by atomic mass is 16.2. The summed E-state index contributed by atoms with van der Waals surface area (Å²) in [6.07, 6.45) is 4.04. The molecule has 1 atom stereocenters. The first-order valence-electron chi connectivity index (χ1n) is 4.67. The minimum Gasteiger partial charge on any atom is -0.396 e. The number of likely N-dealkylation sites (tertiary alicyclic amines) is 1. The zero-order valence-corrected chi connectivity index (χ0v) is 8.18. The van der Waals surface area contributed by atoms with Crippen molar-refractivity contribution in [3.05, 3.63) is 12.4 Å². The smallest absolute Gasteiger partial charge is 0.222 e. The molecule has 1 saturated heterocycles. The van der Waals surface area contributed by atoms with Crippen LogP contribution in [0.4, 0.5) is 5.69 Å². The van der Waals surface area contributed by atoms with Crippen LogP contribution in [0.2, 0.25) is 0 Å². The summed E-state index contributed by atoms with van der Waals surface area (Å²) in [6.45, 7) is 1.59. The SMILES string of the molecule is CN1CC(Cn2cc(N)cn2)CC1=O. The molecule has 76 valence electrons. The maximum Gasteiger partial charge on any atom is 0.222 e. The van der Waals surface area contributed by atoms with Gasteiger partial charge in [0.05, 0.1) is 11.9 Å². The third-order valence-electron chi connectivity index (χ3n) is 2.52. The summed E-state index contributed by atoms with van der Waals surface area (Å²) in [4.78, 5) is 13.0. The molecule has 0 saturated carbocycles. The quantitative estimate of drug-likeness (QED) is 0.717. The van der Waals surface area contributed by atoms with E-state index in [4.69, 9.17) is 5.73 Å². The highest BCUT2D eigenvalue weighted by molar-refractivity contribution is 5.78. The Bertz CT molecular complexity index is 346. The highest BCUT2D eigenvalue weighted by Crippen LogP contribution is 2.17. The number of amides is 1. The van der Waals surface area contributed by atoms with E-state index in [1.807, 2.05) is 7.05 Å². The summed E-state index contributed by atoms with van der Waals surface area (Å²) >= 11 is 0. The predicted molar refractivity (Wildman–Crippen MR) is 52.4 cm³/mol. The molecule has 1 aromatic rings. The van der Waals surface area contributed by atoms with Crippen LogP contribution in [0.25, 0.3) is 0 Å². The fourth-order valence-corrected chi connectivity index (χ4v) is 1.82. The fraction of sp³-hybridized carbons (Fsp3) is 0.556. The van der Waals surface area contributed by atoms with Crippen molar-refractivity contribution >= 4 is 11.6 Å². The summed E-state index contributed by atoms with van der Waals surface area (Å²) in [5.41, 5.74) is 6.22. The van der Waals surface area contributed by atoms with E-state index >= 15 is 0 Å². The summed E-state index contributed by atoms with van der Waals surface area (Å²) in [5.74, 6) is 0.585. The second kappa shape index (κ2) is 3.32. The minimum absolute atomic E-state index is 0.218. The summed E-state index contributed by atoms with van der Waals surface area (Å²) in [7, 11) is 1.83. The monoisotopic (exact) mass is 194 g/mol. The molecule has 2 N–H and O–H groups in total. The Kier molecular flexibility index (Phi) is 2.15. The molecule has 1 aliphatic heterocycles. The highest BCUT2D eigenvalue weighted by Gasteiger charge is 2.26. The Morgan fingerprint density at radius 3 is 3.00 bits per heavy atom. The first kappa shape index (κ1) is 9.05. The number of anilines is 1. The fourth-order valence-electron chi connectivity index (χ4n) is 1.82. The third kappa shape index (κ3) is 1.71. The Labute approximate surface area is 82.5 Å². The van der Waals surface area contributed by atoms with Crippen LogP contribution in [0.5, 0.6) is 0 Å². The van der Waals surface area contributed by atoms with Crippen LogP contribution in [0.15, 0.2) is 12.4 Å². The third-order valence-corrected chi connectivity index (χ3v) is 2.52. The number of nitrogens with two attached hydrogens (primary N) is 1. The normalized spacial score (nSPS) is 21.9. The van der Waals surface area contributed by atoms with Crippen LogP contribution < -0.4 is 5.73 Å². The number of carbonyl (C=O) groups excluding carboxylic acids is 1. The average Bonchev–Trinajstić information content (AvgIpc) is 2.62. The molecule has 14 heavy (non-hydrogen) atoms. The molecule has 1 aromatic heterocycles. The summed E-state index contributed by atoms with van der Waals surface area (Å²) in [5, 5.41) is 4.09. The van der Waals surface area contributed by atoms with E-state index < -0.39 is 0 Å². The van der Waals surface area contributed by atoms with Crippen molar-refractivity contribution in [3.63, 3.8) is 0 Å². The Morgan fingerprint density at radius 2 is 2.50 bits per heavy atom. The van der Waals surface area contributed by atoms with Crippen molar-refractivity contribution in [3.8, 4) is 0 Å². The van der Waals surface area contributed by atoms with Gasteiger partial charge in [-0.25, -0.2) is 0 Å². The van der Waals surface area contributed by atoms with Crippen molar-refractivity contribution < 1.29 is 4.79 Å². The van der Waals surface area contributed by atoms with Crippen molar-refractivity contribution in [1.82, 2.24) is 14.7 Å². The number of nitrogens with zero attached hydrogens (tertiary/aromatic N) is 3. The van der Waals surface area contributed by atoms with Crippen LogP contribution in [-0.4, -0.2) is 34.2 Å². The molecule has 2 heterocycles.